The molecular formula is C10H18O2. The molecule has 0 heterocycles. The first kappa shape index (κ1) is 11.5. The van der Waals surface area contributed by atoms with Gasteiger partial charge in [0.05, 0.1) is 0 Å². The number of aliphatic hydroxyl groups is 2. The predicted molar refractivity (Wildman–Crippen MR) is 49.6 cm³/mol. The van der Waals surface area contributed by atoms with Crippen molar-refractivity contribution in [1.82, 2.24) is 0 Å². The maximum absolute atomic E-state index is 9.24. The lowest BCUT2D eigenvalue weighted by Gasteiger charge is -2.01. The number of unbranched alkanes of at least 4 members (excludes halogenated alkanes) is 1. The number of hydrogen-bond acceptors (Lipinski definition) is 2. The van der Waals surface area contributed by atoms with Crippen molar-refractivity contribution in [2.45, 2.75) is 51.7 Å². The van der Waals surface area contributed by atoms with Crippen LogP contribution in [-0.4, -0.2) is 22.4 Å². The third-order valence-electron chi connectivity index (χ3n) is 1.63. The average molecular weight is 170 g/mol. The van der Waals surface area contributed by atoms with Gasteiger partial charge in [-0.25, -0.2) is 0 Å². The quantitative estimate of drug-likeness (QED) is 0.624. The van der Waals surface area contributed by atoms with Crippen LogP contribution in [0.4, 0.5) is 0 Å². The van der Waals surface area contributed by atoms with Gasteiger partial charge in [0.25, 0.3) is 0 Å². The minimum absolute atomic E-state index is 0.564. The molecule has 0 aliphatic heterocycles. The zero-order valence-electron chi connectivity index (χ0n) is 7.88. The first-order valence-electron chi connectivity index (χ1n) is 4.57. The van der Waals surface area contributed by atoms with Crippen molar-refractivity contribution in [3.63, 3.8) is 0 Å². The maximum Gasteiger partial charge on any atom is 0.114 e. The molecule has 0 aromatic heterocycles. The van der Waals surface area contributed by atoms with Crippen molar-refractivity contribution in [2.75, 3.05) is 0 Å². The SMILES string of the molecule is CCCC[C@H](O)C#C[C@@H](O)CC. The Labute approximate surface area is 74.6 Å². The average Bonchev–Trinajstić information content (AvgIpc) is 2.10. The van der Waals surface area contributed by atoms with Crippen molar-refractivity contribution < 1.29 is 10.2 Å². The molecule has 2 N–H and O–H groups in total. The Kier molecular flexibility index (Phi) is 6.84. The Morgan fingerprint density at radius 3 is 2.17 bits per heavy atom. The van der Waals surface area contributed by atoms with Gasteiger partial charge >= 0.3 is 0 Å². The van der Waals surface area contributed by atoms with Gasteiger partial charge in [-0.1, -0.05) is 38.5 Å². The van der Waals surface area contributed by atoms with Crippen molar-refractivity contribution >= 4 is 0 Å². The summed E-state index contributed by atoms with van der Waals surface area (Å²) in [5, 5.41) is 18.3. The highest BCUT2D eigenvalue weighted by Gasteiger charge is 1.98. The molecule has 0 saturated heterocycles. The molecule has 0 saturated carbocycles. The van der Waals surface area contributed by atoms with Crippen LogP contribution >= 0.6 is 0 Å². The molecule has 0 aromatic carbocycles. The van der Waals surface area contributed by atoms with Crippen molar-refractivity contribution in [3.8, 4) is 11.8 Å². The summed E-state index contributed by atoms with van der Waals surface area (Å²) >= 11 is 0. The summed E-state index contributed by atoms with van der Waals surface area (Å²) in [4.78, 5) is 0. The van der Waals surface area contributed by atoms with E-state index < -0.39 is 12.2 Å². The minimum Gasteiger partial charge on any atom is -0.380 e. The van der Waals surface area contributed by atoms with E-state index >= 15 is 0 Å². The van der Waals surface area contributed by atoms with Gasteiger partial charge in [-0.3, -0.25) is 0 Å². The van der Waals surface area contributed by atoms with Gasteiger partial charge in [0.2, 0.25) is 0 Å². The van der Waals surface area contributed by atoms with Crippen LogP contribution in [0.5, 0.6) is 0 Å². The van der Waals surface area contributed by atoms with Gasteiger partial charge < -0.3 is 10.2 Å². The number of aliphatic hydroxyl groups excluding tert-OH is 2. The molecule has 2 heteroatoms. The Morgan fingerprint density at radius 1 is 1.08 bits per heavy atom. The highest BCUT2D eigenvalue weighted by atomic mass is 16.3. The lowest BCUT2D eigenvalue weighted by molar-refractivity contribution is 0.212. The first-order chi connectivity index (χ1) is 5.70. The Morgan fingerprint density at radius 2 is 1.67 bits per heavy atom. The van der Waals surface area contributed by atoms with Crippen LogP contribution in [-0.2, 0) is 0 Å². The molecule has 0 aromatic rings. The van der Waals surface area contributed by atoms with E-state index in [1.807, 2.05) is 6.92 Å². The molecule has 0 unspecified atom stereocenters. The van der Waals surface area contributed by atoms with Gasteiger partial charge in [-0.15, -0.1) is 0 Å². The zero-order valence-corrected chi connectivity index (χ0v) is 7.88. The third kappa shape index (κ3) is 6.21. The molecule has 0 rings (SSSR count). The van der Waals surface area contributed by atoms with E-state index in [9.17, 15) is 5.11 Å². The van der Waals surface area contributed by atoms with E-state index in [1.165, 1.54) is 0 Å². The van der Waals surface area contributed by atoms with Crippen molar-refractivity contribution in [1.29, 1.82) is 0 Å². The summed E-state index contributed by atoms with van der Waals surface area (Å²) in [5.74, 6) is 5.22. The Balaban J connectivity index is 3.62. The van der Waals surface area contributed by atoms with Crippen LogP contribution < -0.4 is 0 Å². The molecule has 0 aliphatic carbocycles. The lowest BCUT2D eigenvalue weighted by Crippen LogP contribution is -2.05. The van der Waals surface area contributed by atoms with Crippen molar-refractivity contribution in [2.24, 2.45) is 0 Å². The molecule has 0 fully saturated rings. The normalized spacial score (nSPS) is 14.7. The van der Waals surface area contributed by atoms with Gasteiger partial charge in [0.1, 0.15) is 12.2 Å². The fraction of sp³-hybridized carbons (Fsp3) is 0.800. The summed E-state index contributed by atoms with van der Waals surface area (Å²) in [7, 11) is 0. The van der Waals surface area contributed by atoms with Crippen molar-refractivity contribution in [3.05, 3.63) is 0 Å². The maximum atomic E-state index is 9.24. The second kappa shape index (κ2) is 7.15. The molecule has 2 nitrogen and oxygen atoms in total. The van der Waals surface area contributed by atoms with E-state index in [1.54, 1.807) is 0 Å². The van der Waals surface area contributed by atoms with Gasteiger partial charge in [0.15, 0.2) is 0 Å². The summed E-state index contributed by atoms with van der Waals surface area (Å²) in [5.41, 5.74) is 0. The van der Waals surface area contributed by atoms with Crippen LogP contribution in [0, 0.1) is 11.8 Å². The van der Waals surface area contributed by atoms with Crippen LogP contribution in [0.2, 0.25) is 0 Å². The molecule has 0 aliphatic rings. The van der Waals surface area contributed by atoms with Crippen LogP contribution in [0.3, 0.4) is 0 Å². The van der Waals surface area contributed by atoms with Gasteiger partial charge in [-0.2, -0.15) is 0 Å². The Bertz CT molecular complexity index is 155. The molecule has 0 spiro atoms. The lowest BCUT2D eigenvalue weighted by atomic mass is 10.1. The number of hydrogen-bond donors (Lipinski definition) is 2. The molecule has 0 radical (unpaired) electrons. The van der Waals surface area contributed by atoms with Gasteiger partial charge in [0, 0.05) is 0 Å². The monoisotopic (exact) mass is 170 g/mol. The largest absolute Gasteiger partial charge is 0.380 e. The molecule has 0 amide bonds. The summed E-state index contributed by atoms with van der Waals surface area (Å²) in [6.07, 6.45) is 2.23. The Hall–Kier alpha value is -0.520. The standard InChI is InChI=1S/C10H18O2/c1-3-5-6-10(12)8-7-9(11)4-2/h9-12H,3-6H2,1-2H3/t9-,10-/m0/s1. The predicted octanol–water partition coefficient (Wildman–Crippen LogP) is 1.31. The third-order valence-corrected chi connectivity index (χ3v) is 1.63. The minimum atomic E-state index is -0.582. The van der Waals surface area contributed by atoms with E-state index in [2.05, 4.69) is 18.8 Å². The van der Waals surface area contributed by atoms with E-state index in [0.717, 1.165) is 12.8 Å². The summed E-state index contributed by atoms with van der Waals surface area (Å²) in [6, 6.07) is 0. The van der Waals surface area contributed by atoms with E-state index in [0.29, 0.717) is 12.8 Å². The fourth-order valence-electron chi connectivity index (χ4n) is 0.764. The molecule has 12 heavy (non-hydrogen) atoms. The van der Waals surface area contributed by atoms with Gasteiger partial charge in [-0.05, 0) is 12.8 Å². The van der Waals surface area contributed by atoms with Crippen LogP contribution in [0.15, 0.2) is 0 Å². The molecular weight excluding hydrogens is 152 g/mol. The summed E-state index contributed by atoms with van der Waals surface area (Å²) < 4.78 is 0. The zero-order chi connectivity index (χ0) is 9.40. The van der Waals surface area contributed by atoms with Crippen LogP contribution in [0.25, 0.3) is 0 Å². The molecule has 2 atom stereocenters. The van der Waals surface area contributed by atoms with Crippen LogP contribution in [0.1, 0.15) is 39.5 Å². The molecule has 0 bridgehead atoms. The molecule has 70 valence electrons. The fourth-order valence-corrected chi connectivity index (χ4v) is 0.764. The highest BCUT2D eigenvalue weighted by Crippen LogP contribution is 1.98. The smallest absolute Gasteiger partial charge is 0.114 e. The number of rotatable bonds is 4. The second-order valence-corrected chi connectivity index (χ2v) is 2.87. The topological polar surface area (TPSA) is 40.5 Å². The second-order valence-electron chi connectivity index (χ2n) is 2.87. The van der Waals surface area contributed by atoms with E-state index in [4.69, 9.17) is 5.11 Å². The highest BCUT2D eigenvalue weighted by molar-refractivity contribution is 5.08. The summed E-state index contributed by atoms with van der Waals surface area (Å²) in [6.45, 7) is 3.93. The first-order valence-corrected chi connectivity index (χ1v) is 4.57. The van der Waals surface area contributed by atoms with E-state index in [-0.39, 0.29) is 0 Å².